The molecule has 0 saturated carbocycles. The van der Waals surface area contributed by atoms with Gasteiger partial charge in [-0.05, 0) is 23.8 Å². The summed E-state index contributed by atoms with van der Waals surface area (Å²) < 4.78 is 22.4. The van der Waals surface area contributed by atoms with Crippen molar-refractivity contribution in [1.29, 1.82) is 0 Å². The van der Waals surface area contributed by atoms with Gasteiger partial charge in [0.05, 0.1) is 12.7 Å². The number of hydrogen-bond acceptors (Lipinski definition) is 6. The van der Waals surface area contributed by atoms with Gasteiger partial charge in [-0.3, -0.25) is 9.59 Å². The molecule has 31 heavy (non-hydrogen) atoms. The maximum Gasteiger partial charge on any atom is 0.231 e. The number of allylic oxidation sites excluding steroid dienone is 2. The van der Waals surface area contributed by atoms with E-state index in [0.717, 1.165) is 11.1 Å². The van der Waals surface area contributed by atoms with E-state index in [1.807, 2.05) is 30.3 Å². The van der Waals surface area contributed by atoms with Gasteiger partial charge < -0.3 is 18.9 Å². The van der Waals surface area contributed by atoms with Gasteiger partial charge in [-0.15, -0.1) is 0 Å². The third-order valence-corrected chi connectivity index (χ3v) is 5.88. The molecule has 3 aromatic carbocycles. The Morgan fingerprint density at radius 2 is 1.52 bits per heavy atom. The SMILES string of the molecule is COc1ccc(C2C3=C(Oc4cc5c(cc42)OCO5)C(=O)c2ccccc2C3=O)cc1. The zero-order valence-electron chi connectivity index (χ0n) is 16.5. The molecule has 152 valence electrons. The lowest BCUT2D eigenvalue weighted by atomic mass is 9.75. The molecule has 3 aliphatic rings. The first kappa shape index (κ1) is 17.8. The van der Waals surface area contributed by atoms with Gasteiger partial charge in [0.15, 0.2) is 23.0 Å². The third-order valence-electron chi connectivity index (χ3n) is 5.88. The van der Waals surface area contributed by atoms with Crippen molar-refractivity contribution in [3.63, 3.8) is 0 Å². The van der Waals surface area contributed by atoms with Crippen molar-refractivity contribution >= 4 is 11.6 Å². The lowest BCUT2D eigenvalue weighted by molar-refractivity contribution is 0.0927. The maximum atomic E-state index is 13.6. The smallest absolute Gasteiger partial charge is 0.231 e. The highest BCUT2D eigenvalue weighted by Crippen LogP contribution is 2.51. The Labute approximate surface area is 177 Å². The van der Waals surface area contributed by atoms with Crippen LogP contribution in [0.2, 0.25) is 0 Å². The Morgan fingerprint density at radius 3 is 2.23 bits per heavy atom. The molecule has 1 atom stereocenters. The zero-order valence-corrected chi connectivity index (χ0v) is 16.5. The Hall–Kier alpha value is -4.06. The number of ketones is 2. The summed E-state index contributed by atoms with van der Waals surface area (Å²) in [5.74, 6) is 1.36. The minimum absolute atomic E-state index is 0.0656. The van der Waals surface area contributed by atoms with E-state index < -0.39 is 5.92 Å². The second kappa shape index (κ2) is 6.47. The van der Waals surface area contributed by atoms with Crippen LogP contribution in [0.15, 0.2) is 72.0 Å². The van der Waals surface area contributed by atoms with Gasteiger partial charge in [0.25, 0.3) is 0 Å². The maximum absolute atomic E-state index is 13.6. The summed E-state index contributed by atoms with van der Waals surface area (Å²) in [4.78, 5) is 26.9. The summed E-state index contributed by atoms with van der Waals surface area (Å²) in [7, 11) is 1.60. The van der Waals surface area contributed by atoms with Gasteiger partial charge in [0.1, 0.15) is 11.5 Å². The van der Waals surface area contributed by atoms with E-state index in [2.05, 4.69) is 0 Å². The molecule has 2 heterocycles. The van der Waals surface area contributed by atoms with E-state index in [0.29, 0.717) is 39.7 Å². The molecule has 1 aliphatic carbocycles. The first-order valence-corrected chi connectivity index (χ1v) is 9.83. The van der Waals surface area contributed by atoms with Gasteiger partial charge in [-0.25, -0.2) is 0 Å². The van der Waals surface area contributed by atoms with Crippen LogP contribution in [0.25, 0.3) is 0 Å². The number of ether oxygens (including phenoxy) is 4. The fourth-order valence-electron chi connectivity index (χ4n) is 4.40. The van der Waals surface area contributed by atoms with Crippen LogP contribution in [0.1, 0.15) is 37.8 Å². The number of hydrogen-bond donors (Lipinski definition) is 0. The number of methoxy groups -OCH3 is 1. The topological polar surface area (TPSA) is 71.1 Å². The molecule has 0 aromatic heterocycles. The molecule has 0 N–H and O–H groups in total. The number of benzene rings is 3. The van der Waals surface area contributed by atoms with Crippen LogP contribution in [0.5, 0.6) is 23.0 Å². The Morgan fingerprint density at radius 1 is 0.839 bits per heavy atom. The lowest BCUT2D eigenvalue weighted by Crippen LogP contribution is -2.31. The Balaban J connectivity index is 1.60. The first-order chi connectivity index (χ1) is 15.2. The van der Waals surface area contributed by atoms with E-state index in [-0.39, 0.29) is 24.1 Å². The predicted octanol–water partition coefficient (Wildman–Crippen LogP) is 4.28. The molecular weight excluding hydrogens is 396 g/mol. The molecule has 3 aromatic rings. The minimum Gasteiger partial charge on any atom is -0.497 e. The summed E-state index contributed by atoms with van der Waals surface area (Å²) in [6.45, 7) is 0.113. The Bertz CT molecular complexity index is 1300. The minimum atomic E-state index is -0.496. The molecule has 6 heteroatoms. The molecule has 0 bridgehead atoms. The predicted molar refractivity (Wildman–Crippen MR) is 110 cm³/mol. The van der Waals surface area contributed by atoms with Crippen LogP contribution < -0.4 is 18.9 Å². The van der Waals surface area contributed by atoms with Crippen LogP contribution in [0, 0.1) is 0 Å². The van der Waals surface area contributed by atoms with Gasteiger partial charge >= 0.3 is 0 Å². The first-order valence-electron chi connectivity index (χ1n) is 9.83. The second-order valence-corrected chi connectivity index (χ2v) is 7.50. The lowest BCUT2D eigenvalue weighted by Gasteiger charge is -2.32. The molecule has 6 rings (SSSR count). The van der Waals surface area contributed by atoms with Gasteiger partial charge in [0, 0.05) is 28.7 Å². The van der Waals surface area contributed by atoms with Gasteiger partial charge in [-0.2, -0.15) is 0 Å². The number of fused-ring (bicyclic) bond motifs is 3. The van der Waals surface area contributed by atoms with Crippen LogP contribution in [0.4, 0.5) is 0 Å². The third kappa shape index (κ3) is 2.51. The molecule has 2 aliphatic heterocycles. The van der Waals surface area contributed by atoms with Crippen molar-refractivity contribution in [3.8, 4) is 23.0 Å². The van der Waals surface area contributed by atoms with Crippen molar-refractivity contribution in [2.24, 2.45) is 0 Å². The zero-order chi connectivity index (χ0) is 21.1. The van der Waals surface area contributed by atoms with Crippen molar-refractivity contribution in [2.45, 2.75) is 5.92 Å². The van der Waals surface area contributed by atoms with Crippen molar-refractivity contribution < 1.29 is 28.5 Å². The number of carbonyl (C=O) groups is 2. The van der Waals surface area contributed by atoms with Crippen LogP contribution in [-0.4, -0.2) is 25.5 Å². The summed E-state index contributed by atoms with van der Waals surface area (Å²) in [5.41, 5.74) is 2.66. The number of Topliss-reactive ketones (excluding diaryl/α,β-unsaturated/α-hetero) is 2. The van der Waals surface area contributed by atoms with E-state index in [1.54, 1.807) is 37.4 Å². The molecule has 6 nitrogen and oxygen atoms in total. The van der Waals surface area contributed by atoms with Crippen molar-refractivity contribution in [1.82, 2.24) is 0 Å². The fraction of sp³-hybridized carbons (Fsp3) is 0.120. The van der Waals surface area contributed by atoms with Gasteiger partial charge in [-0.1, -0.05) is 36.4 Å². The average Bonchev–Trinajstić information content (AvgIpc) is 3.27. The monoisotopic (exact) mass is 412 g/mol. The molecule has 0 radical (unpaired) electrons. The average molecular weight is 412 g/mol. The van der Waals surface area contributed by atoms with Crippen molar-refractivity contribution in [3.05, 3.63) is 94.2 Å². The van der Waals surface area contributed by atoms with Gasteiger partial charge in [0.2, 0.25) is 12.6 Å². The van der Waals surface area contributed by atoms with Crippen LogP contribution in [0.3, 0.4) is 0 Å². The van der Waals surface area contributed by atoms with E-state index in [9.17, 15) is 9.59 Å². The largest absolute Gasteiger partial charge is 0.497 e. The highest BCUT2D eigenvalue weighted by Gasteiger charge is 2.43. The quantitative estimate of drug-likeness (QED) is 0.626. The number of carbonyl (C=O) groups excluding carboxylic acids is 2. The molecule has 0 spiro atoms. The van der Waals surface area contributed by atoms with Crippen LogP contribution in [-0.2, 0) is 0 Å². The fourth-order valence-corrected chi connectivity index (χ4v) is 4.40. The summed E-state index contributed by atoms with van der Waals surface area (Å²) in [6, 6.07) is 17.8. The van der Waals surface area contributed by atoms with Crippen molar-refractivity contribution in [2.75, 3.05) is 13.9 Å². The molecule has 0 saturated heterocycles. The highest BCUT2D eigenvalue weighted by molar-refractivity contribution is 6.27. The summed E-state index contributed by atoms with van der Waals surface area (Å²) in [5, 5.41) is 0. The molecule has 1 unspecified atom stereocenters. The van der Waals surface area contributed by atoms with Crippen LogP contribution >= 0.6 is 0 Å². The molecule has 0 fully saturated rings. The summed E-state index contributed by atoms with van der Waals surface area (Å²) >= 11 is 0. The molecular formula is C25H16O6. The summed E-state index contributed by atoms with van der Waals surface area (Å²) in [6.07, 6.45) is 0. The Kier molecular flexibility index (Phi) is 3.71. The van der Waals surface area contributed by atoms with E-state index >= 15 is 0 Å². The van der Waals surface area contributed by atoms with E-state index in [4.69, 9.17) is 18.9 Å². The normalized spacial score (nSPS) is 18.2. The second-order valence-electron chi connectivity index (χ2n) is 7.50. The molecule has 0 amide bonds. The number of rotatable bonds is 2. The van der Waals surface area contributed by atoms with E-state index in [1.165, 1.54) is 0 Å². The highest BCUT2D eigenvalue weighted by atomic mass is 16.7. The standard InChI is InChI=1S/C25H16O6/c1-28-14-8-6-13(7-9-14)21-17-10-19-20(30-12-29-19)11-18(17)31-25-22(21)23(26)15-4-2-3-5-16(15)24(25)27/h2-11,21H,12H2,1H3.